The molecule has 0 aromatic heterocycles. The Morgan fingerprint density at radius 2 is 1.00 bits per heavy atom. The van der Waals surface area contributed by atoms with E-state index in [9.17, 15) is 0 Å². The van der Waals surface area contributed by atoms with Gasteiger partial charge >= 0.3 is 0 Å². The summed E-state index contributed by atoms with van der Waals surface area (Å²) in [7, 11) is 5.85. The average Bonchev–Trinajstić information content (AvgIpc) is 3.04. The molecule has 0 spiro atoms. The Kier molecular flexibility index (Phi) is 14.2. The number of hydrogen-bond acceptors (Lipinski definition) is 3. The van der Waals surface area contributed by atoms with Crippen molar-refractivity contribution in [3.8, 4) is 0 Å². The molecule has 4 aromatic rings. The second kappa shape index (κ2) is 18.1. The van der Waals surface area contributed by atoms with E-state index in [2.05, 4.69) is 168 Å². The Balaban J connectivity index is 1.57. The molecule has 4 aromatic carbocycles. The lowest BCUT2D eigenvalue weighted by Gasteiger charge is -2.45. The largest absolute Gasteiger partial charge is 0.0936 e. The van der Waals surface area contributed by atoms with Crippen LogP contribution in [0.25, 0.3) is 0 Å². The molecule has 0 aliphatic heterocycles. The van der Waals surface area contributed by atoms with Crippen LogP contribution < -0.4 is 0 Å². The van der Waals surface area contributed by atoms with Crippen LogP contribution in [-0.4, -0.2) is 17.3 Å². The number of hydrogen-bond donors (Lipinski definition) is 0. The Morgan fingerprint density at radius 3 is 1.46 bits per heavy atom. The first-order valence-electron chi connectivity index (χ1n) is 15.1. The maximum absolute atomic E-state index is 2.42. The molecule has 0 N–H and O–H groups in total. The highest BCUT2D eigenvalue weighted by molar-refractivity contribution is 9.48. The van der Waals surface area contributed by atoms with E-state index in [1.165, 1.54) is 65.2 Å². The number of benzene rings is 4. The highest BCUT2D eigenvalue weighted by atomic mass is 33.8. The summed E-state index contributed by atoms with van der Waals surface area (Å²) in [6.45, 7) is 4.79. The molecule has 0 radical (unpaired) electrons. The molecule has 0 fully saturated rings. The molecule has 4 heteroatoms. The minimum absolute atomic E-state index is 0.543. The van der Waals surface area contributed by atoms with Gasteiger partial charge in [-0.3, -0.25) is 0 Å². The fourth-order valence-electron chi connectivity index (χ4n) is 5.02. The fraction of sp³-hybridized carbons (Fsp3) is 0.351. The molecule has 0 amide bonds. The van der Waals surface area contributed by atoms with Gasteiger partial charge in [0.15, 0.2) is 0 Å². The highest BCUT2D eigenvalue weighted by Gasteiger charge is 2.36. The van der Waals surface area contributed by atoms with Crippen molar-refractivity contribution in [2.75, 3.05) is 17.3 Å². The molecule has 0 heterocycles. The van der Waals surface area contributed by atoms with E-state index >= 15 is 0 Å². The van der Waals surface area contributed by atoms with Gasteiger partial charge in [-0.2, -0.15) is 0 Å². The smallest absolute Gasteiger partial charge is 0.0400 e. The van der Waals surface area contributed by atoms with E-state index in [1.54, 1.807) is 0 Å². The van der Waals surface area contributed by atoms with Crippen LogP contribution in [-0.2, 0) is 12.8 Å². The summed E-state index contributed by atoms with van der Waals surface area (Å²) >= 11 is 0. The Bertz CT molecular complexity index is 1170. The Labute approximate surface area is 262 Å². The first-order valence-corrected chi connectivity index (χ1v) is 21.3. The van der Waals surface area contributed by atoms with Gasteiger partial charge in [-0.05, 0) is 60.3 Å². The van der Waals surface area contributed by atoms with Crippen molar-refractivity contribution in [1.29, 1.82) is 0 Å². The van der Waals surface area contributed by atoms with E-state index in [1.807, 2.05) is 0 Å². The minimum atomic E-state index is -1.11. The third-order valence-corrected chi connectivity index (χ3v) is 22.7. The quantitative estimate of drug-likeness (QED) is 0.0804. The van der Waals surface area contributed by atoms with Gasteiger partial charge in [0.1, 0.15) is 0 Å². The van der Waals surface area contributed by atoms with E-state index in [4.69, 9.17) is 0 Å². The predicted octanol–water partition coefficient (Wildman–Crippen LogP) is 12.3. The summed E-state index contributed by atoms with van der Waals surface area (Å²) in [4.78, 5) is 0. The zero-order chi connectivity index (χ0) is 28.6. The van der Waals surface area contributed by atoms with Crippen LogP contribution >= 0.6 is 39.5 Å². The van der Waals surface area contributed by atoms with Crippen molar-refractivity contribution in [2.45, 2.75) is 63.5 Å². The zero-order valence-corrected chi connectivity index (χ0v) is 28.0. The molecule has 0 aliphatic rings. The number of aryl methyl sites for hydroxylation is 2. The second-order valence-corrected chi connectivity index (χ2v) is 22.8. The molecule has 2 unspecified atom stereocenters. The molecule has 4 rings (SSSR count). The molecule has 41 heavy (non-hydrogen) atoms. The third kappa shape index (κ3) is 10.5. The predicted molar refractivity (Wildman–Crippen MR) is 193 cm³/mol. The summed E-state index contributed by atoms with van der Waals surface area (Å²) in [5.74, 6) is 4.15. The average molecular weight is 619 g/mol. The third-order valence-electron chi connectivity index (χ3n) is 7.32. The lowest BCUT2D eigenvalue weighted by atomic mass is 10.0. The molecule has 0 bridgehead atoms. The zero-order valence-electron chi connectivity index (χ0n) is 24.7. The van der Waals surface area contributed by atoms with Crippen molar-refractivity contribution in [1.82, 2.24) is 0 Å². The minimum Gasteiger partial charge on any atom is -0.0936 e. The Hall–Kier alpha value is -1.72. The van der Waals surface area contributed by atoms with Gasteiger partial charge in [-0.15, -0.1) is 0 Å². The van der Waals surface area contributed by atoms with Crippen molar-refractivity contribution < 1.29 is 0 Å². The summed E-state index contributed by atoms with van der Waals surface area (Å²) < 4.78 is 0. The van der Waals surface area contributed by atoms with Crippen LogP contribution in [0.5, 0.6) is 0 Å². The van der Waals surface area contributed by atoms with E-state index in [0.29, 0.717) is 11.2 Å². The highest BCUT2D eigenvalue weighted by Crippen LogP contribution is 2.86. The summed E-state index contributed by atoms with van der Waals surface area (Å²) in [6.07, 6.45) is 7.27. The van der Waals surface area contributed by atoms with Gasteiger partial charge in [0, 0.05) is 22.5 Å². The lowest BCUT2D eigenvalue weighted by molar-refractivity contribution is 0.780. The molecule has 0 saturated heterocycles. The maximum Gasteiger partial charge on any atom is 0.0400 e. The maximum atomic E-state index is 2.42. The molecule has 218 valence electrons. The Morgan fingerprint density at radius 1 is 0.561 bits per heavy atom. The standard InChI is InChI=1S/C37H46S4/c1-3-18-37(36-27-14-7-15-28-36)41(38-29-16-23-33-19-8-4-9-20-33,39-30-17-24-34-21-10-5-11-22-34)40-31-32(2)35-25-12-6-13-26-35/h4-15,19-22,25-28,32,37H,3,16-18,23-24,29-31H2,1-2H3. The first-order chi connectivity index (χ1) is 20.2. The monoisotopic (exact) mass is 618 g/mol. The molecule has 0 saturated carbocycles. The van der Waals surface area contributed by atoms with Crippen molar-refractivity contribution in [2.24, 2.45) is 0 Å². The van der Waals surface area contributed by atoms with Crippen molar-refractivity contribution in [3.63, 3.8) is 0 Å². The van der Waals surface area contributed by atoms with Crippen molar-refractivity contribution in [3.05, 3.63) is 144 Å². The topological polar surface area (TPSA) is 0 Å². The van der Waals surface area contributed by atoms with Gasteiger partial charge in [0.25, 0.3) is 0 Å². The van der Waals surface area contributed by atoms with Gasteiger partial charge in [0.05, 0.1) is 0 Å². The molecular weight excluding hydrogens is 573 g/mol. The van der Waals surface area contributed by atoms with Gasteiger partial charge in [-0.1, -0.05) is 181 Å². The second-order valence-electron chi connectivity index (χ2n) is 10.6. The van der Waals surface area contributed by atoms with Gasteiger partial charge in [0.2, 0.25) is 0 Å². The van der Waals surface area contributed by atoms with Gasteiger partial charge in [-0.25, -0.2) is 0 Å². The van der Waals surface area contributed by atoms with E-state index in [0.717, 1.165) is 12.8 Å². The van der Waals surface area contributed by atoms with E-state index < -0.39 is 7.12 Å². The van der Waals surface area contributed by atoms with Crippen molar-refractivity contribution >= 4 is 39.5 Å². The van der Waals surface area contributed by atoms with Crippen LogP contribution in [0, 0.1) is 0 Å². The van der Waals surface area contributed by atoms with Crippen LogP contribution in [0.3, 0.4) is 0 Å². The van der Waals surface area contributed by atoms with Crippen LogP contribution in [0.4, 0.5) is 0 Å². The molecule has 0 aliphatic carbocycles. The summed E-state index contributed by atoms with van der Waals surface area (Å²) in [5, 5.41) is 0.588. The SMILES string of the molecule is CCCC(c1ccccc1)S(SCCCc1ccccc1)(SCCCc1ccccc1)SCC(C)c1ccccc1. The normalized spacial score (nSPS) is 13.5. The summed E-state index contributed by atoms with van der Waals surface area (Å²) in [5.41, 5.74) is 5.92. The lowest BCUT2D eigenvalue weighted by Crippen LogP contribution is -2.08. The van der Waals surface area contributed by atoms with Crippen LogP contribution in [0.15, 0.2) is 121 Å². The fourth-order valence-corrected chi connectivity index (χ4v) is 20.8. The van der Waals surface area contributed by atoms with Gasteiger partial charge < -0.3 is 0 Å². The van der Waals surface area contributed by atoms with E-state index in [-0.39, 0.29) is 0 Å². The summed E-state index contributed by atoms with van der Waals surface area (Å²) in [6, 6.07) is 44.7. The van der Waals surface area contributed by atoms with Crippen LogP contribution in [0.1, 0.15) is 73.0 Å². The number of rotatable bonds is 18. The molecule has 2 atom stereocenters. The molecular formula is C37H46S4. The van der Waals surface area contributed by atoms with Crippen LogP contribution in [0.2, 0.25) is 0 Å². The molecule has 0 nitrogen and oxygen atoms in total. The first kappa shape index (κ1) is 32.2.